The number of likely N-dealkylation sites (tertiary alicyclic amines) is 1. The Morgan fingerprint density at radius 3 is 2.86 bits per heavy atom. The van der Waals surface area contributed by atoms with Gasteiger partial charge >= 0.3 is 0 Å². The fraction of sp³-hybridized carbons (Fsp3) is 0.250. The number of nitro benzene ring substituents is 1. The predicted octanol–water partition coefficient (Wildman–Crippen LogP) is 3.06. The van der Waals surface area contributed by atoms with E-state index in [1.165, 1.54) is 18.2 Å². The molecule has 1 aromatic carbocycles. The highest BCUT2D eigenvalue weighted by molar-refractivity contribution is 5.92. The van der Waals surface area contributed by atoms with Gasteiger partial charge in [0.15, 0.2) is 5.65 Å². The molecule has 1 unspecified atom stereocenters. The van der Waals surface area contributed by atoms with E-state index in [2.05, 4.69) is 10.2 Å². The SMILES string of the molecule is O=C(/C=C/c1ccccc1[N+](=O)[O-])N1CCCC(c2nnc3ccccn23)C1. The van der Waals surface area contributed by atoms with Gasteiger partial charge in [0.05, 0.1) is 10.5 Å². The van der Waals surface area contributed by atoms with Crippen molar-refractivity contribution in [2.24, 2.45) is 0 Å². The highest BCUT2D eigenvalue weighted by Crippen LogP contribution is 2.26. The summed E-state index contributed by atoms with van der Waals surface area (Å²) in [6.07, 6.45) is 6.66. The van der Waals surface area contributed by atoms with Crippen LogP contribution in [0.25, 0.3) is 11.7 Å². The number of fused-ring (bicyclic) bond motifs is 1. The molecule has 142 valence electrons. The van der Waals surface area contributed by atoms with Crippen LogP contribution in [0.1, 0.15) is 30.1 Å². The average Bonchev–Trinajstić information content (AvgIpc) is 3.16. The van der Waals surface area contributed by atoms with Crippen molar-refractivity contribution in [1.29, 1.82) is 0 Å². The predicted molar refractivity (Wildman–Crippen MR) is 104 cm³/mol. The third-order valence-electron chi connectivity index (χ3n) is 4.98. The first kappa shape index (κ1) is 17.8. The molecule has 0 bridgehead atoms. The maximum Gasteiger partial charge on any atom is 0.276 e. The van der Waals surface area contributed by atoms with E-state index < -0.39 is 4.92 Å². The van der Waals surface area contributed by atoms with Gasteiger partial charge in [0.1, 0.15) is 5.82 Å². The number of aromatic nitrogens is 3. The van der Waals surface area contributed by atoms with Crippen molar-refractivity contribution in [2.45, 2.75) is 18.8 Å². The summed E-state index contributed by atoms with van der Waals surface area (Å²) in [7, 11) is 0. The maximum absolute atomic E-state index is 12.7. The molecular formula is C20H19N5O3. The minimum Gasteiger partial charge on any atom is -0.338 e. The van der Waals surface area contributed by atoms with Gasteiger partial charge in [-0.15, -0.1) is 10.2 Å². The van der Waals surface area contributed by atoms with Crippen LogP contribution in [-0.4, -0.2) is 43.4 Å². The number of rotatable bonds is 4. The number of pyridine rings is 1. The summed E-state index contributed by atoms with van der Waals surface area (Å²) in [5.74, 6) is 0.807. The quantitative estimate of drug-likeness (QED) is 0.396. The van der Waals surface area contributed by atoms with Crippen molar-refractivity contribution in [3.05, 3.63) is 76.2 Å². The van der Waals surface area contributed by atoms with E-state index >= 15 is 0 Å². The molecule has 8 heteroatoms. The van der Waals surface area contributed by atoms with Gasteiger partial charge < -0.3 is 4.90 Å². The van der Waals surface area contributed by atoms with Crippen molar-refractivity contribution >= 4 is 23.3 Å². The lowest BCUT2D eigenvalue weighted by molar-refractivity contribution is -0.385. The summed E-state index contributed by atoms with van der Waals surface area (Å²) in [4.78, 5) is 25.1. The Morgan fingerprint density at radius 2 is 2.00 bits per heavy atom. The summed E-state index contributed by atoms with van der Waals surface area (Å²) in [5.41, 5.74) is 1.19. The van der Waals surface area contributed by atoms with Crippen molar-refractivity contribution in [2.75, 3.05) is 13.1 Å². The van der Waals surface area contributed by atoms with Crippen molar-refractivity contribution in [3.8, 4) is 0 Å². The van der Waals surface area contributed by atoms with Gasteiger partial charge in [-0.3, -0.25) is 19.3 Å². The summed E-state index contributed by atoms with van der Waals surface area (Å²) in [6, 6.07) is 12.1. The smallest absolute Gasteiger partial charge is 0.276 e. The minimum absolute atomic E-state index is 0.0157. The molecule has 1 aliphatic rings. The molecule has 0 aliphatic carbocycles. The summed E-state index contributed by atoms with van der Waals surface area (Å²) >= 11 is 0. The molecule has 28 heavy (non-hydrogen) atoms. The van der Waals surface area contributed by atoms with E-state index in [1.807, 2.05) is 28.8 Å². The molecule has 0 N–H and O–H groups in total. The molecule has 1 atom stereocenters. The van der Waals surface area contributed by atoms with Crippen LogP contribution >= 0.6 is 0 Å². The second-order valence-electron chi connectivity index (χ2n) is 6.76. The standard InChI is InChI=1S/C20H19N5O3/c26-19(11-10-15-6-1-2-8-17(15)25(27)28)23-12-5-7-16(14-23)20-22-21-18-9-3-4-13-24(18)20/h1-4,6,8-11,13,16H,5,7,12,14H2/b11-10+. The lowest BCUT2D eigenvalue weighted by atomic mass is 9.97. The van der Waals surface area contributed by atoms with Crippen molar-refractivity contribution in [1.82, 2.24) is 19.5 Å². The molecule has 2 aromatic heterocycles. The van der Waals surface area contributed by atoms with Gasteiger partial charge in [-0.1, -0.05) is 18.2 Å². The fourth-order valence-electron chi connectivity index (χ4n) is 3.59. The first-order valence-corrected chi connectivity index (χ1v) is 9.13. The lowest BCUT2D eigenvalue weighted by Gasteiger charge is -2.31. The Kier molecular flexibility index (Phi) is 4.84. The Morgan fingerprint density at radius 1 is 1.18 bits per heavy atom. The number of para-hydroxylation sites is 1. The Labute approximate surface area is 161 Å². The van der Waals surface area contributed by atoms with Gasteiger partial charge in [0.25, 0.3) is 5.69 Å². The third-order valence-corrected chi connectivity index (χ3v) is 4.98. The summed E-state index contributed by atoms with van der Waals surface area (Å²) in [6.45, 7) is 1.21. The van der Waals surface area contributed by atoms with Gasteiger partial charge in [0.2, 0.25) is 5.91 Å². The third kappa shape index (κ3) is 3.48. The van der Waals surface area contributed by atoms with Gasteiger partial charge in [-0.25, -0.2) is 0 Å². The second kappa shape index (κ2) is 7.59. The van der Waals surface area contributed by atoms with E-state index in [-0.39, 0.29) is 17.5 Å². The number of nitrogens with zero attached hydrogens (tertiary/aromatic N) is 5. The Balaban J connectivity index is 1.50. The first-order valence-electron chi connectivity index (χ1n) is 9.13. The molecule has 8 nitrogen and oxygen atoms in total. The normalized spacial score (nSPS) is 17.3. The van der Waals surface area contributed by atoms with Crippen molar-refractivity contribution < 1.29 is 9.72 Å². The molecule has 1 aliphatic heterocycles. The first-order chi connectivity index (χ1) is 13.6. The average molecular weight is 377 g/mol. The molecule has 1 amide bonds. The number of benzene rings is 1. The summed E-state index contributed by atoms with van der Waals surface area (Å²) < 4.78 is 1.96. The van der Waals surface area contributed by atoms with Crippen LogP contribution in [0.2, 0.25) is 0 Å². The van der Waals surface area contributed by atoms with Crippen LogP contribution in [0.4, 0.5) is 5.69 Å². The van der Waals surface area contributed by atoms with Gasteiger partial charge in [-0.2, -0.15) is 0 Å². The van der Waals surface area contributed by atoms with E-state index in [1.54, 1.807) is 23.1 Å². The fourth-order valence-corrected chi connectivity index (χ4v) is 3.59. The number of piperidine rings is 1. The second-order valence-corrected chi connectivity index (χ2v) is 6.76. The molecule has 0 saturated carbocycles. The summed E-state index contributed by atoms with van der Waals surface area (Å²) in [5, 5.41) is 19.6. The molecule has 3 heterocycles. The molecular weight excluding hydrogens is 358 g/mol. The molecule has 3 aromatic rings. The number of amides is 1. The Bertz CT molecular complexity index is 1060. The molecule has 0 spiro atoms. The van der Waals surface area contributed by atoms with Crippen LogP contribution in [0.3, 0.4) is 0 Å². The topological polar surface area (TPSA) is 93.6 Å². The highest BCUT2D eigenvalue weighted by Gasteiger charge is 2.27. The van der Waals surface area contributed by atoms with Crippen molar-refractivity contribution in [3.63, 3.8) is 0 Å². The maximum atomic E-state index is 12.7. The van der Waals surface area contributed by atoms with Gasteiger partial charge in [-0.05, 0) is 37.1 Å². The van der Waals surface area contributed by atoms with E-state index in [9.17, 15) is 14.9 Å². The number of carbonyl (C=O) groups is 1. The van der Waals surface area contributed by atoms with E-state index in [4.69, 9.17) is 0 Å². The molecule has 1 saturated heterocycles. The monoisotopic (exact) mass is 377 g/mol. The van der Waals surface area contributed by atoms with Crippen LogP contribution in [0, 0.1) is 10.1 Å². The van der Waals surface area contributed by atoms with Crippen LogP contribution in [-0.2, 0) is 4.79 Å². The molecule has 1 fully saturated rings. The zero-order valence-corrected chi connectivity index (χ0v) is 15.1. The van der Waals surface area contributed by atoms with Crippen LogP contribution < -0.4 is 0 Å². The van der Waals surface area contributed by atoms with E-state index in [0.29, 0.717) is 18.7 Å². The highest BCUT2D eigenvalue weighted by atomic mass is 16.6. The van der Waals surface area contributed by atoms with Gasteiger partial charge in [0, 0.05) is 37.3 Å². The van der Waals surface area contributed by atoms with Crippen LogP contribution in [0.15, 0.2) is 54.7 Å². The van der Waals surface area contributed by atoms with Crippen LogP contribution in [0.5, 0.6) is 0 Å². The number of hydrogen-bond acceptors (Lipinski definition) is 5. The Hall–Kier alpha value is -3.55. The number of hydrogen-bond donors (Lipinski definition) is 0. The largest absolute Gasteiger partial charge is 0.338 e. The minimum atomic E-state index is -0.447. The zero-order valence-electron chi connectivity index (χ0n) is 15.1. The number of carbonyl (C=O) groups excluding carboxylic acids is 1. The number of nitro groups is 1. The van der Waals surface area contributed by atoms with E-state index in [0.717, 1.165) is 24.3 Å². The zero-order chi connectivity index (χ0) is 19.5. The molecule has 4 rings (SSSR count). The molecule has 0 radical (unpaired) electrons. The lowest BCUT2D eigenvalue weighted by Crippen LogP contribution is -2.38.